The topological polar surface area (TPSA) is 76.2 Å². The molecule has 6 nitrogen and oxygen atoms in total. The minimum absolute atomic E-state index is 0.111. The fourth-order valence-corrected chi connectivity index (χ4v) is 5.00. The predicted octanol–water partition coefficient (Wildman–Crippen LogP) is 4.66. The number of nitrogens with zero attached hydrogens (tertiary/aromatic N) is 1. The van der Waals surface area contributed by atoms with Crippen LogP contribution in [0.25, 0.3) is 20.7 Å². The number of benzene rings is 1. The van der Waals surface area contributed by atoms with E-state index in [0.717, 1.165) is 32.5 Å². The number of hydrogen-bond donors (Lipinski definition) is 2. The van der Waals surface area contributed by atoms with Crippen molar-refractivity contribution >= 4 is 38.6 Å². The monoisotopic (exact) mass is 411 g/mol. The number of aromatic nitrogens is 2. The molecule has 0 aliphatic carbocycles. The van der Waals surface area contributed by atoms with Crippen molar-refractivity contribution in [1.82, 2.24) is 9.97 Å². The van der Waals surface area contributed by atoms with Crippen LogP contribution in [0, 0.1) is 0 Å². The zero-order chi connectivity index (χ0) is 19.1. The van der Waals surface area contributed by atoms with Gasteiger partial charge in [-0.2, -0.15) is 0 Å². The number of anilines is 1. The second-order valence-electron chi connectivity index (χ2n) is 6.48. The Hall–Kier alpha value is -2.84. The molecule has 28 heavy (non-hydrogen) atoms. The fourth-order valence-electron chi connectivity index (χ4n) is 3.24. The highest BCUT2D eigenvalue weighted by Gasteiger charge is 2.17. The molecule has 8 heteroatoms. The number of aromatic amines is 1. The van der Waals surface area contributed by atoms with Crippen molar-refractivity contribution < 1.29 is 9.47 Å². The van der Waals surface area contributed by atoms with Crippen molar-refractivity contribution in [2.45, 2.75) is 13.0 Å². The third-order valence-electron chi connectivity index (χ3n) is 4.58. The van der Waals surface area contributed by atoms with E-state index in [1.165, 1.54) is 11.3 Å². The molecule has 0 bridgehead atoms. The molecule has 0 amide bonds. The summed E-state index contributed by atoms with van der Waals surface area (Å²) in [6.07, 6.45) is 0. The van der Waals surface area contributed by atoms with Crippen molar-refractivity contribution in [2.24, 2.45) is 0 Å². The molecule has 0 spiro atoms. The summed E-state index contributed by atoms with van der Waals surface area (Å²) in [5.74, 6) is 2.07. The van der Waals surface area contributed by atoms with Gasteiger partial charge in [0.15, 0.2) is 11.5 Å². The Labute approximate surface area is 168 Å². The van der Waals surface area contributed by atoms with Gasteiger partial charge in [0.2, 0.25) is 0 Å². The molecule has 1 atom stereocenters. The lowest BCUT2D eigenvalue weighted by Crippen LogP contribution is -2.18. The molecule has 2 N–H and O–H groups in total. The molecule has 4 aromatic rings. The Kier molecular flexibility index (Phi) is 4.29. The molecule has 0 unspecified atom stereocenters. The van der Waals surface area contributed by atoms with E-state index < -0.39 is 0 Å². The Morgan fingerprint density at radius 3 is 2.86 bits per heavy atom. The average molecular weight is 412 g/mol. The van der Waals surface area contributed by atoms with Crippen LogP contribution in [-0.2, 0) is 0 Å². The number of rotatable bonds is 4. The molecule has 1 aliphatic rings. The van der Waals surface area contributed by atoms with E-state index in [-0.39, 0.29) is 11.6 Å². The number of nitrogens with one attached hydrogen (secondary N) is 2. The van der Waals surface area contributed by atoms with Crippen molar-refractivity contribution in [3.63, 3.8) is 0 Å². The van der Waals surface area contributed by atoms with Gasteiger partial charge in [-0.25, -0.2) is 4.98 Å². The molecular formula is C20H17N3O3S2. The van der Waals surface area contributed by atoms with E-state index in [1.54, 1.807) is 11.3 Å². The van der Waals surface area contributed by atoms with Gasteiger partial charge in [0.1, 0.15) is 23.9 Å². The molecule has 1 aliphatic heterocycles. The lowest BCUT2D eigenvalue weighted by atomic mass is 10.2. The van der Waals surface area contributed by atoms with E-state index in [4.69, 9.17) is 14.5 Å². The van der Waals surface area contributed by atoms with Crippen molar-refractivity contribution in [2.75, 3.05) is 18.5 Å². The highest BCUT2D eigenvalue weighted by molar-refractivity contribution is 7.18. The zero-order valence-corrected chi connectivity index (χ0v) is 16.7. The average Bonchev–Trinajstić information content (AvgIpc) is 3.37. The summed E-state index contributed by atoms with van der Waals surface area (Å²) in [4.78, 5) is 22.2. The summed E-state index contributed by atoms with van der Waals surface area (Å²) in [5, 5.41) is 8.04. The Morgan fingerprint density at radius 2 is 2.04 bits per heavy atom. The van der Waals surface area contributed by atoms with E-state index >= 15 is 0 Å². The van der Waals surface area contributed by atoms with Crippen LogP contribution < -0.4 is 20.3 Å². The quantitative estimate of drug-likeness (QED) is 0.511. The Balaban J connectivity index is 1.45. The standard InChI is InChI=1S/C20H17N3O3S2/c1-11(21-12-4-5-14-15(9-12)26-7-6-25-14)18-22-19(24)17-13(10-28-20(17)23-18)16-3-2-8-27-16/h2-5,8-11,21H,6-7H2,1H3,(H,22,23,24)/t11-/m0/s1. The van der Waals surface area contributed by atoms with E-state index in [2.05, 4.69) is 10.3 Å². The molecule has 3 aromatic heterocycles. The number of hydrogen-bond acceptors (Lipinski definition) is 7. The van der Waals surface area contributed by atoms with Crippen LogP contribution in [0.4, 0.5) is 5.69 Å². The summed E-state index contributed by atoms with van der Waals surface area (Å²) >= 11 is 3.11. The zero-order valence-electron chi connectivity index (χ0n) is 15.0. The fraction of sp³-hybridized carbons (Fsp3) is 0.200. The SMILES string of the molecule is C[C@H](Nc1ccc2c(c1)OCCO2)c1nc2scc(-c3cccs3)c2c(=O)[nH]1. The maximum Gasteiger partial charge on any atom is 0.260 e. The number of ether oxygens (including phenoxy) is 2. The third kappa shape index (κ3) is 3.04. The van der Waals surface area contributed by atoms with Gasteiger partial charge in [0.05, 0.1) is 11.4 Å². The van der Waals surface area contributed by atoms with Gasteiger partial charge >= 0.3 is 0 Å². The first-order chi connectivity index (χ1) is 13.7. The van der Waals surface area contributed by atoms with Gasteiger partial charge in [-0.1, -0.05) is 6.07 Å². The van der Waals surface area contributed by atoms with Crippen molar-refractivity contribution in [1.29, 1.82) is 0 Å². The minimum Gasteiger partial charge on any atom is -0.486 e. The van der Waals surface area contributed by atoms with Gasteiger partial charge in [-0.15, -0.1) is 22.7 Å². The maximum absolute atomic E-state index is 12.8. The summed E-state index contributed by atoms with van der Waals surface area (Å²) in [6, 6.07) is 9.55. The third-order valence-corrected chi connectivity index (χ3v) is 6.36. The smallest absolute Gasteiger partial charge is 0.260 e. The molecule has 0 saturated heterocycles. The first-order valence-corrected chi connectivity index (χ1v) is 10.7. The van der Waals surface area contributed by atoms with Gasteiger partial charge in [0.25, 0.3) is 5.56 Å². The van der Waals surface area contributed by atoms with Crippen LogP contribution in [0.5, 0.6) is 11.5 Å². The van der Waals surface area contributed by atoms with Crippen molar-refractivity contribution in [3.05, 3.63) is 57.3 Å². The van der Waals surface area contributed by atoms with Gasteiger partial charge < -0.3 is 19.8 Å². The first kappa shape index (κ1) is 17.3. The van der Waals surface area contributed by atoms with Crippen molar-refractivity contribution in [3.8, 4) is 21.9 Å². The first-order valence-electron chi connectivity index (χ1n) is 8.90. The highest BCUT2D eigenvalue weighted by Crippen LogP contribution is 2.35. The molecule has 0 fully saturated rings. The van der Waals surface area contributed by atoms with Crippen LogP contribution in [0.1, 0.15) is 18.8 Å². The molecule has 0 radical (unpaired) electrons. The lowest BCUT2D eigenvalue weighted by molar-refractivity contribution is 0.171. The van der Waals surface area contributed by atoms with Crippen LogP contribution in [0.15, 0.2) is 45.9 Å². The second kappa shape index (κ2) is 6.96. The second-order valence-corrected chi connectivity index (χ2v) is 8.29. The summed E-state index contributed by atoms with van der Waals surface area (Å²) in [7, 11) is 0. The molecule has 1 aromatic carbocycles. The van der Waals surface area contributed by atoms with E-state index in [9.17, 15) is 4.79 Å². The molecule has 5 rings (SSSR count). The summed E-state index contributed by atoms with van der Waals surface area (Å²) in [5.41, 5.74) is 1.72. The maximum atomic E-state index is 12.8. The normalized spacial score (nSPS) is 14.2. The molecule has 4 heterocycles. The Bertz CT molecular complexity index is 1200. The Morgan fingerprint density at radius 1 is 1.18 bits per heavy atom. The van der Waals surface area contributed by atoms with E-state index in [0.29, 0.717) is 24.4 Å². The minimum atomic E-state index is -0.174. The lowest BCUT2D eigenvalue weighted by Gasteiger charge is -2.20. The van der Waals surface area contributed by atoms with Gasteiger partial charge in [-0.05, 0) is 30.5 Å². The van der Waals surface area contributed by atoms with Crippen LogP contribution in [0.3, 0.4) is 0 Å². The number of thiophene rings is 2. The molecule has 142 valence electrons. The van der Waals surface area contributed by atoms with Crippen LogP contribution in [-0.4, -0.2) is 23.2 Å². The number of fused-ring (bicyclic) bond motifs is 2. The number of H-pyrrole nitrogens is 1. The predicted molar refractivity (Wildman–Crippen MR) is 113 cm³/mol. The van der Waals surface area contributed by atoms with Crippen LogP contribution in [0.2, 0.25) is 0 Å². The molecular weight excluding hydrogens is 394 g/mol. The van der Waals surface area contributed by atoms with E-state index in [1.807, 2.05) is 48.0 Å². The van der Waals surface area contributed by atoms with Gasteiger partial charge in [0, 0.05) is 27.6 Å². The summed E-state index contributed by atoms with van der Waals surface area (Å²) in [6.45, 7) is 3.08. The molecule has 0 saturated carbocycles. The van der Waals surface area contributed by atoms with Crippen LogP contribution >= 0.6 is 22.7 Å². The largest absolute Gasteiger partial charge is 0.486 e. The summed E-state index contributed by atoms with van der Waals surface area (Å²) < 4.78 is 11.2. The van der Waals surface area contributed by atoms with Gasteiger partial charge in [-0.3, -0.25) is 4.79 Å². The highest BCUT2D eigenvalue weighted by atomic mass is 32.1.